The monoisotopic (exact) mass is 274 g/mol. The number of aromatic nitrogens is 2. The third kappa shape index (κ3) is 3.76. The Kier molecular flexibility index (Phi) is 4.12. The number of nitrogens with zero attached hydrogens (tertiary/aromatic N) is 3. The molecule has 98 valence electrons. The van der Waals surface area contributed by atoms with Crippen molar-refractivity contribution in [1.82, 2.24) is 9.97 Å². The Morgan fingerprint density at radius 1 is 1.16 bits per heavy atom. The Morgan fingerprint density at radius 2 is 1.84 bits per heavy atom. The van der Waals surface area contributed by atoms with Crippen LogP contribution in [0.15, 0.2) is 35.4 Å². The van der Waals surface area contributed by atoms with Gasteiger partial charge in [-0.15, -0.1) is 0 Å². The summed E-state index contributed by atoms with van der Waals surface area (Å²) in [5.41, 5.74) is 6.06. The van der Waals surface area contributed by atoms with Crippen molar-refractivity contribution in [1.29, 1.82) is 0 Å². The van der Waals surface area contributed by atoms with Crippen LogP contribution in [0.25, 0.3) is 0 Å². The average Bonchev–Trinajstić information content (AvgIpc) is 2.36. The van der Waals surface area contributed by atoms with Gasteiger partial charge in [-0.05, 0) is 26.3 Å². The number of hydrazone groups is 1. The van der Waals surface area contributed by atoms with Gasteiger partial charge in [0.2, 0.25) is 0 Å². The second kappa shape index (κ2) is 5.80. The quantitative estimate of drug-likeness (QED) is 0.529. The normalized spacial score (nSPS) is 11.5. The first-order chi connectivity index (χ1) is 9.04. The number of hydrogen-bond donors (Lipinski definition) is 1. The van der Waals surface area contributed by atoms with Crippen molar-refractivity contribution in [3.05, 3.63) is 52.4 Å². The van der Waals surface area contributed by atoms with Crippen molar-refractivity contribution in [2.75, 3.05) is 5.43 Å². The summed E-state index contributed by atoms with van der Waals surface area (Å²) in [6.07, 6.45) is 0. The van der Waals surface area contributed by atoms with E-state index in [1.807, 2.05) is 19.1 Å². The number of aryl methyl sites for hydroxylation is 2. The first-order valence-corrected chi connectivity index (χ1v) is 6.31. The first-order valence-electron chi connectivity index (χ1n) is 5.93. The van der Waals surface area contributed by atoms with Crippen LogP contribution in [0, 0.1) is 13.8 Å². The summed E-state index contributed by atoms with van der Waals surface area (Å²) in [6.45, 7) is 5.78. The minimum Gasteiger partial charge on any atom is -0.261 e. The van der Waals surface area contributed by atoms with E-state index in [1.54, 1.807) is 13.0 Å². The predicted octanol–water partition coefficient (Wildman–Crippen LogP) is 3.58. The summed E-state index contributed by atoms with van der Waals surface area (Å²) in [4.78, 5) is 8.20. The van der Waals surface area contributed by atoms with Gasteiger partial charge in [-0.1, -0.05) is 41.4 Å². The molecule has 2 aromatic rings. The molecule has 0 radical (unpaired) electrons. The lowest BCUT2D eigenvalue weighted by Crippen LogP contribution is -2.02. The Labute approximate surface area is 117 Å². The van der Waals surface area contributed by atoms with Crippen molar-refractivity contribution in [2.45, 2.75) is 20.8 Å². The third-order valence-corrected chi connectivity index (χ3v) is 2.81. The zero-order valence-electron chi connectivity index (χ0n) is 11.1. The van der Waals surface area contributed by atoms with Gasteiger partial charge in [0.05, 0.1) is 5.71 Å². The smallest absolute Gasteiger partial charge is 0.151 e. The molecule has 2 rings (SSSR count). The SMILES string of the molecule is CC(=NNc1cc(Cl)nc(C)n1)c1ccc(C)cc1. The van der Waals surface area contributed by atoms with Crippen molar-refractivity contribution in [3.63, 3.8) is 0 Å². The van der Waals surface area contributed by atoms with Crippen LogP contribution in [-0.4, -0.2) is 15.7 Å². The molecule has 0 atom stereocenters. The van der Waals surface area contributed by atoms with Crippen molar-refractivity contribution >= 4 is 23.1 Å². The molecule has 1 aromatic heterocycles. The average molecular weight is 275 g/mol. The van der Waals surface area contributed by atoms with Crippen LogP contribution >= 0.6 is 11.6 Å². The second-order valence-corrected chi connectivity index (χ2v) is 4.69. The van der Waals surface area contributed by atoms with Crippen LogP contribution in [0.4, 0.5) is 5.82 Å². The highest BCUT2D eigenvalue weighted by Gasteiger charge is 2.00. The molecule has 19 heavy (non-hydrogen) atoms. The molecule has 0 aliphatic carbocycles. The third-order valence-electron chi connectivity index (χ3n) is 2.61. The molecule has 0 aliphatic rings. The highest BCUT2D eigenvalue weighted by atomic mass is 35.5. The van der Waals surface area contributed by atoms with Crippen LogP contribution in [0.5, 0.6) is 0 Å². The fourth-order valence-corrected chi connectivity index (χ4v) is 1.81. The van der Waals surface area contributed by atoms with Crippen molar-refractivity contribution in [3.8, 4) is 0 Å². The lowest BCUT2D eigenvalue weighted by molar-refractivity contribution is 1.04. The molecule has 0 aliphatic heterocycles. The molecular formula is C14H15ClN4. The zero-order valence-corrected chi connectivity index (χ0v) is 11.9. The van der Waals surface area contributed by atoms with E-state index in [-0.39, 0.29) is 0 Å². The van der Waals surface area contributed by atoms with Gasteiger partial charge in [0.1, 0.15) is 11.0 Å². The van der Waals surface area contributed by atoms with Gasteiger partial charge in [-0.25, -0.2) is 9.97 Å². The van der Waals surface area contributed by atoms with Crippen molar-refractivity contribution < 1.29 is 0 Å². The van der Waals surface area contributed by atoms with E-state index in [2.05, 4.69) is 39.6 Å². The zero-order chi connectivity index (χ0) is 13.8. The topological polar surface area (TPSA) is 50.2 Å². The van der Waals surface area contributed by atoms with Crippen LogP contribution in [-0.2, 0) is 0 Å². The molecule has 0 fully saturated rings. The van der Waals surface area contributed by atoms with E-state index in [0.29, 0.717) is 16.8 Å². The standard InChI is InChI=1S/C14H15ClN4/c1-9-4-6-12(7-5-9)10(2)18-19-14-8-13(15)16-11(3)17-14/h4-8H,1-3H3,(H,16,17,19). The predicted molar refractivity (Wildman–Crippen MR) is 78.8 cm³/mol. The molecule has 0 spiro atoms. The number of halogens is 1. The molecule has 5 heteroatoms. The Morgan fingerprint density at radius 3 is 2.47 bits per heavy atom. The van der Waals surface area contributed by atoms with Gasteiger partial charge in [-0.3, -0.25) is 5.43 Å². The Hall–Kier alpha value is -1.94. The summed E-state index contributed by atoms with van der Waals surface area (Å²) in [6, 6.07) is 9.82. The molecule has 0 amide bonds. The molecule has 1 N–H and O–H groups in total. The van der Waals surface area contributed by atoms with Gasteiger partial charge < -0.3 is 0 Å². The summed E-state index contributed by atoms with van der Waals surface area (Å²) >= 11 is 5.86. The van der Waals surface area contributed by atoms with E-state index in [1.165, 1.54) is 5.56 Å². The number of anilines is 1. The van der Waals surface area contributed by atoms with Crippen LogP contribution in [0.3, 0.4) is 0 Å². The fraction of sp³-hybridized carbons (Fsp3) is 0.214. The van der Waals surface area contributed by atoms with Gasteiger partial charge in [0, 0.05) is 6.07 Å². The number of hydrogen-bond acceptors (Lipinski definition) is 4. The second-order valence-electron chi connectivity index (χ2n) is 4.30. The van der Waals surface area contributed by atoms with Crippen LogP contribution < -0.4 is 5.43 Å². The van der Waals surface area contributed by atoms with E-state index < -0.39 is 0 Å². The molecule has 4 nitrogen and oxygen atoms in total. The lowest BCUT2D eigenvalue weighted by atomic mass is 10.1. The molecule has 0 bridgehead atoms. The van der Waals surface area contributed by atoms with Gasteiger partial charge in [0.25, 0.3) is 0 Å². The first kappa shape index (κ1) is 13.5. The van der Waals surface area contributed by atoms with Crippen LogP contribution in [0.2, 0.25) is 5.15 Å². The lowest BCUT2D eigenvalue weighted by Gasteiger charge is -2.04. The molecule has 0 unspecified atom stereocenters. The molecule has 1 heterocycles. The summed E-state index contributed by atoms with van der Waals surface area (Å²) in [7, 11) is 0. The highest BCUT2D eigenvalue weighted by molar-refractivity contribution is 6.29. The number of benzene rings is 1. The molecule has 0 saturated heterocycles. The fourth-order valence-electron chi connectivity index (χ4n) is 1.59. The van der Waals surface area contributed by atoms with E-state index in [9.17, 15) is 0 Å². The van der Waals surface area contributed by atoms with Crippen molar-refractivity contribution in [2.24, 2.45) is 5.10 Å². The maximum absolute atomic E-state index is 5.86. The largest absolute Gasteiger partial charge is 0.261 e. The van der Waals surface area contributed by atoms with E-state index >= 15 is 0 Å². The summed E-state index contributed by atoms with van der Waals surface area (Å²) < 4.78 is 0. The maximum Gasteiger partial charge on any atom is 0.151 e. The minimum absolute atomic E-state index is 0.401. The van der Waals surface area contributed by atoms with E-state index in [4.69, 9.17) is 11.6 Å². The van der Waals surface area contributed by atoms with Gasteiger partial charge in [0.15, 0.2) is 5.82 Å². The van der Waals surface area contributed by atoms with Gasteiger partial charge in [-0.2, -0.15) is 5.10 Å². The highest BCUT2D eigenvalue weighted by Crippen LogP contribution is 2.11. The summed E-state index contributed by atoms with van der Waals surface area (Å²) in [5, 5.41) is 4.70. The number of rotatable bonds is 3. The molecule has 0 saturated carbocycles. The maximum atomic E-state index is 5.86. The minimum atomic E-state index is 0.401. The number of nitrogens with one attached hydrogen (secondary N) is 1. The molecular weight excluding hydrogens is 260 g/mol. The van der Waals surface area contributed by atoms with Crippen LogP contribution in [0.1, 0.15) is 23.9 Å². The molecule has 1 aromatic carbocycles. The Bertz CT molecular complexity index is 585. The Balaban J connectivity index is 2.15. The van der Waals surface area contributed by atoms with Gasteiger partial charge >= 0.3 is 0 Å². The van der Waals surface area contributed by atoms with E-state index in [0.717, 1.165) is 11.3 Å². The summed E-state index contributed by atoms with van der Waals surface area (Å²) in [5.74, 6) is 1.20.